The Morgan fingerprint density at radius 3 is 2.38 bits per heavy atom. The monoisotopic (exact) mass is 474 g/mol. The third kappa shape index (κ3) is 4.18. The second-order valence-electron chi connectivity index (χ2n) is 9.89. The van der Waals surface area contributed by atoms with E-state index in [1.54, 1.807) is 6.92 Å². The van der Waals surface area contributed by atoms with Crippen molar-refractivity contribution in [3.63, 3.8) is 0 Å². The Kier molecular flexibility index (Phi) is 7.34. The molecule has 186 valence electrons. The van der Waals surface area contributed by atoms with Crippen molar-refractivity contribution >= 4 is 23.5 Å². The van der Waals surface area contributed by atoms with Crippen LogP contribution in [0, 0.1) is 16.7 Å². The zero-order chi connectivity index (χ0) is 25.4. The van der Waals surface area contributed by atoms with Crippen LogP contribution in [0.25, 0.3) is 0 Å². The van der Waals surface area contributed by atoms with Crippen molar-refractivity contribution in [1.29, 1.82) is 0 Å². The molecule has 0 aromatic carbocycles. The van der Waals surface area contributed by atoms with Gasteiger partial charge in [-0.3, -0.25) is 19.2 Å². The first kappa shape index (κ1) is 26.0. The summed E-state index contributed by atoms with van der Waals surface area (Å²) in [5, 5.41) is 11.6. The van der Waals surface area contributed by atoms with Crippen molar-refractivity contribution in [3.8, 4) is 0 Å². The van der Waals surface area contributed by atoms with Crippen LogP contribution in [0.15, 0.2) is 35.1 Å². The highest BCUT2D eigenvalue weighted by atomic mass is 16.5. The van der Waals surface area contributed by atoms with Gasteiger partial charge in [0.15, 0.2) is 11.5 Å². The number of rotatable bonds is 7. The maximum atomic E-state index is 13.9. The van der Waals surface area contributed by atoms with E-state index in [-0.39, 0.29) is 42.1 Å². The SMILES string of the molecule is C=CCC1=C(OC(C)=O)C(=O)C2=C(C1=O)[C@H](OCC)[C@@H](O)[C@H]1[C@@](C)(COC(C)=O)CCC[C@]21C. The minimum atomic E-state index is -1.11. The van der Waals surface area contributed by atoms with Gasteiger partial charge in [0.05, 0.1) is 18.3 Å². The van der Waals surface area contributed by atoms with E-state index in [0.717, 1.165) is 0 Å². The predicted octanol–water partition coefficient (Wildman–Crippen LogP) is 2.98. The number of carbonyl (C=O) groups is 4. The lowest BCUT2D eigenvalue weighted by molar-refractivity contribution is -0.169. The van der Waals surface area contributed by atoms with Gasteiger partial charge >= 0.3 is 11.9 Å². The normalized spacial score (nSPS) is 33.3. The molecule has 8 heteroatoms. The molecule has 5 atom stereocenters. The molecular formula is C26H34O8. The Balaban J connectivity index is 2.25. The molecule has 0 heterocycles. The number of hydrogen-bond acceptors (Lipinski definition) is 8. The Bertz CT molecular complexity index is 989. The number of allylic oxidation sites excluding steroid dienone is 3. The third-order valence-corrected chi connectivity index (χ3v) is 7.43. The summed E-state index contributed by atoms with van der Waals surface area (Å²) in [6.45, 7) is 12.0. The molecular weight excluding hydrogens is 440 g/mol. The number of esters is 2. The number of aliphatic hydroxyl groups excluding tert-OH is 1. The van der Waals surface area contributed by atoms with Crippen LogP contribution in [0.2, 0.25) is 0 Å². The van der Waals surface area contributed by atoms with Crippen molar-refractivity contribution < 1.29 is 38.5 Å². The highest BCUT2D eigenvalue weighted by molar-refractivity contribution is 6.26. The summed E-state index contributed by atoms with van der Waals surface area (Å²) >= 11 is 0. The third-order valence-electron chi connectivity index (χ3n) is 7.43. The molecule has 0 unspecified atom stereocenters. The summed E-state index contributed by atoms with van der Waals surface area (Å²) in [5.74, 6) is -2.98. The van der Waals surface area contributed by atoms with Crippen molar-refractivity contribution in [2.24, 2.45) is 16.7 Å². The van der Waals surface area contributed by atoms with Crippen LogP contribution < -0.4 is 0 Å². The zero-order valence-corrected chi connectivity index (χ0v) is 20.6. The van der Waals surface area contributed by atoms with Gasteiger partial charge in [0.2, 0.25) is 5.78 Å². The Hall–Kier alpha value is -2.58. The van der Waals surface area contributed by atoms with Gasteiger partial charge in [0.25, 0.3) is 0 Å². The fourth-order valence-electron chi connectivity index (χ4n) is 6.32. The molecule has 0 aromatic rings. The van der Waals surface area contributed by atoms with Gasteiger partial charge in [0.1, 0.15) is 6.10 Å². The lowest BCUT2D eigenvalue weighted by Gasteiger charge is -2.58. The first-order valence-corrected chi connectivity index (χ1v) is 11.7. The Morgan fingerprint density at radius 1 is 1.15 bits per heavy atom. The van der Waals surface area contributed by atoms with Gasteiger partial charge in [-0.2, -0.15) is 0 Å². The van der Waals surface area contributed by atoms with Crippen molar-refractivity contribution in [2.75, 3.05) is 13.2 Å². The molecule has 34 heavy (non-hydrogen) atoms. The smallest absolute Gasteiger partial charge is 0.308 e. The van der Waals surface area contributed by atoms with Crippen molar-refractivity contribution in [3.05, 3.63) is 35.1 Å². The van der Waals surface area contributed by atoms with Gasteiger partial charge < -0.3 is 19.3 Å². The zero-order valence-electron chi connectivity index (χ0n) is 20.6. The summed E-state index contributed by atoms with van der Waals surface area (Å²) in [4.78, 5) is 51.1. The predicted molar refractivity (Wildman–Crippen MR) is 122 cm³/mol. The van der Waals surface area contributed by atoms with Gasteiger partial charge in [0, 0.05) is 48.3 Å². The summed E-state index contributed by atoms with van der Waals surface area (Å²) in [7, 11) is 0. The van der Waals surface area contributed by atoms with Crippen LogP contribution >= 0.6 is 0 Å². The number of fused-ring (bicyclic) bond motifs is 2. The Labute approximate surface area is 200 Å². The molecule has 0 spiro atoms. The summed E-state index contributed by atoms with van der Waals surface area (Å²) in [6, 6.07) is 0. The van der Waals surface area contributed by atoms with Crippen LogP contribution in [-0.4, -0.2) is 54.0 Å². The number of carbonyl (C=O) groups excluding carboxylic acids is 4. The fraction of sp³-hybridized carbons (Fsp3) is 0.615. The van der Waals surface area contributed by atoms with Gasteiger partial charge in [-0.1, -0.05) is 26.3 Å². The van der Waals surface area contributed by atoms with Gasteiger partial charge in [-0.25, -0.2) is 0 Å². The molecule has 0 aliphatic heterocycles. The first-order chi connectivity index (χ1) is 15.9. The molecule has 0 amide bonds. The molecule has 0 radical (unpaired) electrons. The van der Waals surface area contributed by atoms with E-state index in [4.69, 9.17) is 14.2 Å². The van der Waals surface area contributed by atoms with Crippen molar-refractivity contribution in [1.82, 2.24) is 0 Å². The topological polar surface area (TPSA) is 116 Å². The van der Waals surface area contributed by atoms with Gasteiger partial charge in [-0.15, -0.1) is 6.58 Å². The summed E-state index contributed by atoms with van der Waals surface area (Å²) in [5.41, 5.74) is -1.20. The molecule has 3 aliphatic rings. The standard InChI is InChI=1S/C26H34O8/c1-7-10-16-19(29)17-18(20(30)22(16)34-15(4)28)26(6)12-9-11-25(5,13-33-14(3)27)24(26)21(31)23(17)32-8-2/h7,21,23-24,31H,1,8-13H2,2-6H3/t21-,23+,24+,25-,26-/m1/s1. The lowest BCUT2D eigenvalue weighted by atomic mass is 9.47. The number of ketones is 2. The number of hydrogen-bond donors (Lipinski definition) is 1. The van der Waals surface area contributed by atoms with E-state index in [0.29, 0.717) is 19.3 Å². The second-order valence-corrected chi connectivity index (χ2v) is 9.89. The minimum Gasteiger partial charge on any atom is -0.465 e. The molecule has 1 N–H and O–H groups in total. The molecule has 1 saturated carbocycles. The van der Waals surface area contributed by atoms with Crippen molar-refractivity contribution in [2.45, 2.75) is 72.5 Å². The number of aliphatic hydroxyl groups is 1. The number of ether oxygens (including phenoxy) is 3. The maximum absolute atomic E-state index is 13.9. The van der Waals surface area contributed by atoms with E-state index in [1.165, 1.54) is 19.9 Å². The summed E-state index contributed by atoms with van der Waals surface area (Å²) < 4.78 is 16.6. The van der Waals surface area contributed by atoms with E-state index in [9.17, 15) is 24.3 Å². The second kappa shape index (κ2) is 9.58. The highest BCUT2D eigenvalue weighted by Crippen LogP contribution is 2.61. The molecule has 1 fully saturated rings. The molecule has 0 aromatic heterocycles. The molecule has 0 bridgehead atoms. The van der Waals surface area contributed by atoms with Crippen LogP contribution in [-0.2, 0) is 33.4 Å². The quantitative estimate of drug-likeness (QED) is 0.340. The van der Waals surface area contributed by atoms with E-state index < -0.39 is 52.5 Å². The summed E-state index contributed by atoms with van der Waals surface area (Å²) in [6.07, 6.45) is 1.24. The fourth-order valence-corrected chi connectivity index (χ4v) is 6.32. The Morgan fingerprint density at radius 2 is 1.82 bits per heavy atom. The van der Waals surface area contributed by atoms with E-state index in [2.05, 4.69) is 6.58 Å². The van der Waals surface area contributed by atoms with Crippen LogP contribution in [0.5, 0.6) is 0 Å². The number of Topliss-reactive ketones (excluding diaryl/α,β-unsaturated/α-hetero) is 2. The first-order valence-electron chi connectivity index (χ1n) is 11.7. The lowest BCUT2D eigenvalue weighted by Crippen LogP contribution is -2.61. The van der Waals surface area contributed by atoms with E-state index in [1.807, 2.05) is 13.8 Å². The minimum absolute atomic E-state index is 0.0310. The largest absolute Gasteiger partial charge is 0.465 e. The van der Waals surface area contributed by atoms with Crippen LogP contribution in [0.1, 0.15) is 60.3 Å². The van der Waals surface area contributed by atoms with E-state index >= 15 is 0 Å². The molecule has 3 aliphatic carbocycles. The molecule has 3 rings (SSSR count). The van der Waals surface area contributed by atoms with Crippen LogP contribution in [0.3, 0.4) is 0 Å². The highest BCUT2D eigenvalue weighted by Gasteiger charge is 2.63. The average Bonchev–Trinajstić information content (AvgIpc) is 2.74. The molecule has 0 saturated heterocycles. The maximum Gasteiger partial charge on any atom is 0.308 e. The van der Waals surface area contributed by atoms with Crippen LogP contribution in [0.4, 0.5) is 0 Å². The molecule has 8 nitrogen and oxygen atoms in total. The average molecular weight is 475 g/mol. The van der Waals surface area contributed by atoms with Gasteiger partial charge in [-0.05, 0) is 26.2 Å².